The second kappa shape index (κ2) is 13.5. The molecule has 306 valence electrons. The fourth-order valence-corrected chi connectivity index (χ4v) is 15.1. The van der Waals surface area contributed by atoms with Gasteiger partial charge in [-0.3, -0.25) is 9.80 Å². The third kappa shape index (κ3) is 5.43. The van der Waals surface area contributed by atoms with Gasteiger partial charge in [0.05, 0.1) is 43.2 Å². The molecule has 0 aromatic heterocycles. The second-order valence-electron chi connectivity index (χ2n) is 21.0. The minimum Gasteiger partial charge on any atom is -0.443 e. The van der Waals surface area contributed by atoms with Crippen LogP contribution in [0.15, 0.2) is 0 Å². The number of aliphatic hydroxyl groups excluding tert-OH is 1. The number of nitrogens with two attached hydrogens (primary N) is 1. The van der Waals surface area contributed by atoms with E-state index in [4.69, 9.17) is 29.4 Å². The van der Waals surface area contributed by atoms with Crippen molar-refractivity contribution in [3.8, 4) is 0 Å². The molecule has 0 radical (unpaired) electrons. The van der Waals surface area contributed by atoms with Gasteiger partial charge in [0, 0.05) is 59.0 Å². The van der Waals surface area contributed by atoms with E-state index in [1.165, 1.54) is 19.3 Å². The maximum absolute atomic E-state index is 13.0. The van der Waals surface area contributed by atoms with Gasteiger partial charge in [-0.2, -0.15) is 0 Å². The van der Waals surface area contributed by atoms with Crippen LogP contribution in [0.1, 0.15) is 99.3 Å². The highest BCUT2D eigenvalue weighted by molar-refractivity contribution is 5.68. The number of rotatable bonds is 9. The number of carbonyl (C=O) groups excluding carboxylic acids is 1. The number of methoxy groups -OCH3 is 1. The molecular weight excluding hydrogens is 684 g/mol. The molecule has 4 saturated heterocycles. The fraction of sp³-hybridized carbons (Fsp3) is 0.977. The Morgan fingerprint density at radius 1 is 1.00 bits per heavy atom. The topological polar surface area (TPSA) is 119 Å². The number of carbonyl (C=O) groups is 1. The minimum atomic E-state index is -0.741. The zero-order valence-corrected chi connectivity index (χ0v) is 34.5. The van der Waals surface area contributed by atoms with E-state index in [9.17, 15) is 9.90 Å². The lowest BCUT2D eigenvalue weighted by Gasteiger charge is -2.63. The highest BCUT2D eigenvalue weighted by Gasteiger charge is 2.85. The van der Waals surface area contributed by atoms with Crippen LogP contribution in [0.5, 0.6) is 0 Å². The largest absolute Gasteiger partial charge is 0.443 e. The summed E-state index contributed by atoms with van der Waals surface area (Å²) < 4.78 is 31.8. The molecule has 11 heteroatoms. The van der Waals surface area contributed by atoms with Crippen LogP contribution in [0.4, 0.5) is 4.79 Å². The molecule has 0 bridgehead atoms. The summed E-state index contributed by atoms with van der Waals surface area (Å²) in [5, 5.41) is 12.6. The first-order chi connectivity index (χ1) is 25.7. The zero-order chi connectivity index (χ0) is 38.0. The summed E-state index contributed by atoms with van der Waals surface area (Å²) in [5.41, 5.74) is 7.45. The van der Waals surface area contributed by atoms with Gasteiger partial charge in [0.2, 0.25) is 0 Å². The number of fused-ring (bicyclic) bond motifs is 4. The molecule has 14 unspecified atom stereocenters. The average molecular weight is 757 g/mol. The summed E-state index contributed by atoms with van der Waals surface area (Å²) in [6, 6.07) is 0.583. The number of hydrogen-bond donors (Lipinski definition) is 2. The van der Waals surface area contributed by atoms with E-state index in [-0.39, 0.29) is 76.2 Å². The third-order valence-electron chi connectivity index (χ3n) is 18.1. The van der Waals surface area contributed by atoms with E-state index in [1.54, 1.807) is 12.0 Å². The van der Waals surface area contributed by atoms with Crippen molar-refractivity contribution in [1.82, 2.24) is 14.7 Å². The van der Waals surface area contributed by atoms with E-state index in [0.29, 0.717) is 17.9 Å². The quantitative estimate of drug-likeness (QED) is 0.342. The predicted octanol–water partition coefficient (Wildman–Crippen LogP) is 4.73. The van der Waals surface area contributed by atoms with Crippen molar-refractivity contribution in [3.05, 3.63) is 0 Å². The first-order valence-corrected chi connectivity index (χ1v) is 22.0. The maximum atomic E-state index is 13.0. The fourth-order valence-electron chi connectivity index (χ4n) is 15.1. The van der Waals surface area contributed by atoms with Crippen LogP contribution in [0, 0.1) is 51.2 Å². The molecule has 0 aromatic carbocycles. The highest BCUT2D eigenvalue weighted by atomic mass is 16.7. The zero-order valence-electron chi connectivity index (χ0n) is 34.5. The summed E-state index contributed by atoms with van der Waals surface area (Å²) in [6.07, 6.45) is 7.85. The standard InChI is InChI=1S/C43H72N4O7/c1-26(2)35(54-38(49)46-15-8-16-46)29-21-27(3)34-36(52-29)37(48)43(44)31-10-9-30-39(4,5)32(11-12-41(30)25-42(31,41)14-13-40(34,43)6)53-33-24-47(18-20-51-33)28-22-45(23-28)17-19-50-7/h26-37,48H,8-25,44H2,1-7H3. The lowest BCUT2D eigenvalue weighted by atomic mass is 9.43. The van der Waals surface area contributed by atoms with Gasteiger partial charge in [-0.25, -0.2) is 4.79 Å². The molecule has 4 aliphatic heterocycles. The van der Waals surface area contributed by atoms with E-state index in [1.807, 2.05) is 0 Å². The van der Waals surface area contributed by atoms with Gasteiger partial charge in [0.1, 0.15) is 6.10 Å². The molecule has 5 aliphatic carbocycles. The van der Waals surface area contributed by atoms with Gasteiger partial charge in [0.15, 0.2) is 6.29 Å². The molecule has 4 heterocycles. The van der Waals surface area contributed by atoms with Gasteiger partial charge >= 0.3 is 6.09 Å². The number of aliphatic hydroxyl groups is 1. The average Bonchev–Trinajstić information content (AvgIpc) is 3.71. The lowest BCUT2D eigenvalue weighted by molar-refractivity contribution is -0.251. The van der Waals surface area contributed by atoms with Crippen LogP contribution in [-0.4, -0.2) is 140 Å². The van der Waals surface area contributed by atoms with Crippen LogP contribution in [0.2, 0.25) is 0 Å². The third-order valence-corrected chi connectivity index (χ3v) is 18.1. The van der Waals surface area contributed by atoms with Crippen LogP contribution >= 0.6 is 0 Å². The lowest BCUT2D eigenvalue weighted by Crippen LogP contribution is -2.70. The van der Waals surface area contributed by atoms with E-state index >= 15 is 0 Å². The number of nitrogens with zero attached hydrogens (tertiary/aromatic N) is 3. The molecule has 5 saturated carbocycles. The van der Waals surface area contributed by atoms with Crippen molar-refractivity contribution in [2.45, 2.75) is 148 Å². The Morgan fingerprint density at radius 3 is 2.44 bits per heavy atom. The minimum absolute atomic E-state index is 0.0285. The molecule has 0 aromatic rings. The number of morpholine rings is 1. The number of likely N-dealkylation sites (tertiary alicyclic amines) is 2. The monoisotopic (exact) mass is 757 g/mol. The Bertz CT molecular complexity index is 1420. The Labute approximate surface area is 324 Å². The molecule has 9 fully saturated rings. The molecule has 2 spiro atoms. The van der Waals surface area contributed by atoms with Crippen molar-refractivity contribution in [1.29, 1.82) is 0 Å². The van der Waals surface area contributed by atoms with Gasteiger partial charge in [0.25, 0.3) is 0 Å². The van der Waals surface area contributed by atoms with Crippen molar-refractivity contribution in [2.75, 3.05) is 66.1 Å². The first-order valence-electron chi connectivity index (χ1n) is 22.0. The Morgan fingerprint density at radius 2 is 1.74 bits per heavy atom. The Balaban J connectivity index is 0.892. The van der Waals surface area contributed by atoms with Crippen molar-refractivity contribution >= 4 is 6.09 Å². The second-order valence-corrected chi connectivity index (χ2v) is 21.0. The van der Waals surface area contributed by atoms with Crippen LogP contribution in [0.3, 0.4) is 0 Å². The molecule has 14 atom stereocenters. The summed E-state index contributed by atoms with van der Waals surface area (Å²) in [5.74, 6) is 1.45. The summed E-state index contributed by atoms with van der Waals surface area (Å²) >= 11 is 0. The molecular formula is C43H72N4O7. The van der Waals surface area contributed by atoms with Crippen LogP contribution in [0.25, 0.3) is 0 Å². The summed E-state index contributed by atoms with van der Waals surface area (Å²) in [7, 11) is 1.78. The smallest absolute Gasteiger partial charge is 0.410 e. The van der Waals surface area contributed by atoms with Gasteiger partial charge in [-0.15, -0.1) is 0 Å². The molecule has 9 rings (SSSR count). The van der Waals surface area contributed by atoms with Gasteiger partial charge in [-0.05, 0) is 109 Å². The molecule has 1 amide bonds. The molecule has 11 nitrogen and oxygen atoms in total. The van der Waals surface area contributed by atoms with Crippen LogP contribution < -0.4 is 5.73 Å². The van der Waals surface area contributed by atoms with Crippen molar-refractivity contribution in [3.63, 3.8) is 0 Å². The van der Waals surface area contributed by atoms with Crippen molar-refractivity contribution < 1.29 is 33.6 Å². The molecule has 9 aliphatic rings. The van der Waals surface area contributed by atoms with E-state index in [0.717, 1.165) is 97.6 Å². The normalized spacial score (nSPS) is 49.1. The highest BCUT2D eigenvalue weighted by Crippen LogP contribution is 2.87. The summed E-state index contributed by atoms with van der Waals surface area (Å²) in [6.45, 7) is 22.1. The van der Waals surface area contributed by atoms with Gasteiger partial charge < -0.3 is 39.4 Å². The van der Waals surface area contributed by atoms with Gasteiger partial charge in [-0.1, -0.05) is 41.5 Å². The summed E-state index contributed by atoms with van der Waals surface area (Å²) in [4.78, 5) is 19.8. The van der Waals surface area contributed by atoms with E-state index < -0.39 is 11.6 Å². The predicted molar refractivity (Wildman–Crippen MR) is 204 cm³/mol. The molecule has 3 N–H and O–H groups in total. The number of amides is 1. The first kappa shape index (κ1) is 38.5. The van der Waals surface area contributed by atoms with Crippen LogP contribution in [-0.2, 0) is 23.7 Å². The van der Waals surface area contributed by atoms with E-state index in [2.05, 4.69) is 51.3 Å². The van der Waals surface area contributed by atoms with Crippen molar-refractivity contribution in [2.24, 2.45) is 57.0 Å². The Kier molecular flexibility index (Phi) is 9.62. The maximum Gasteiger partial charge on any atom is 0.410 e. The Hall–Kier alpha value is -1.05. The SMILES string of the molecule is COCCN1CC(N2CCOC(OC3CCC45CC46CCC4(C)C7C(C)CC(C(OC(=O)N8CCC8)C(C)C)OC7C(O)C4(N)C6CCC5C3(C)C)C2)C1. The molecule has 54 heavy (non-hydrogen) atoms. The number of ether oxygens (including phenoxy) is 5. The number of hydrogen-bond acceptors (Lipinski definition) is 10.